The average Bonchev–Trinajstić information content (AvgIpc) is 2.32. The van der Waals surface area contributed by atoms with Gasteiger partial charge in [0.1, 0.15) is 0 Å². The van der Waals surface area contributed by atoms with Gasteiger partial charge in [0.05, 0.1) is 0 Å². The molecule has 0 aromatic carbocycles. The number of thiol groups is 1. The van der Waals surface area contributed by atoms with Gasteiger partial charge in [0.2, 0.25) is 0 Å². The zero-order chi connectivity index (χ0) is 15.4. The van der Waals surface area contributed by atoms with Crippen LogP contribution in [0.2, 0.25) is 0 Å². The molecular formula is C15H38O2S. The van der Waals surface area contributed by atoms with E-state index in [-0.39, 0.29) is 0 Å². The summed E-state index contributed by atoms with van der Waals surface area (Å²) in [6.07, 6.45) is 3.04. The van der Waals surface area contributed by atoms with Crippen LogP contribution < -0.4 is 0 Å². The van der Waals surface area contributed by atoms with Gasteiger partial charge < -0.3 is 10.2 Å². The molecule has 0 unspecified atom stereocenters. The Bertz CT molecular complexity index is 84.5. The highest BCUT2D eigenvalue weighted by atomic mass is 32.1. The topological polar surface area (TPSA) is 40.5 Å². The molecule has 0 atom stereocenters. The van der Waals surface area contributed by atoms with Gasteiger partial charge in [-0.2, -0.15) is 12.6 Å². The number of aliphatic hydroxyl groups is 2. The quantitative estimate of drug-likeness (QED) is 0.654. The standard InChI is InChI=1S/C5H12O.C5H12S.C3H8O.C2H6/c2*1-5(2)3-4-6;1-2-3-4;1-2/h2*5-6H,3-4H2,1-2H3;4H,2-3H2,1H3;1-2H3. The van der Waals surface area contributed by atoms with Crippen LogP contribution >= 0.6 is 12.6 Å². The Morgan fingerprint density at radius 2 is 1.17 bits per heavy atom. The first kappa shape index (κ1) is 26.8. The minimum atomic E-state index is 0.319. The van der Waals surface area contributed by atoms with Gasteiger partial charge in [0.25, 0.3) is 0 Å². The Balaban J connectivity index is -0.0000000777. The molecule has 116 valence electrons. The second-order valence-corrected chi connectivity index (χ2v) is 4.98. The zero-order valence-electron chi connectivity index (χ0n) is 13.7. The molecule has 0 aliphatic carbocycles. The lowest BCUT2D eigenvalue weighted by atomic mass is 10.2. The summed E-state index contributed by atoms with van der Waals surface area (Å²) in [5.41, 5.74) is 0. The third-order valence-corrected chi connectivity index (χ3v) is 1.89. The van der Waals surface area contributed by atoms with Gasteiger partial charge >= 0.3 is 0 Å². The third kappa shape index (κ3) is 71.8. The summed E-state index contributed by atoms with van der Waals surface area (Å²) in [4.78, 5) is 0. The van der Waals surface area contributed by atoms with Gasteiger partial charge in [-0.15, -0.1) is 0 Å². The molecule has 0 saturated heterocycles. The fourth-order valence-corrected chi connectivity index (χ4v) is 1.03. The zero-order valence-corrected chi connectivity index (χ0v) is 14.6. The Morgan fingerprint density at radius 1 is 0.833 bits per heavy atom. The highest BCUT2D eigenvalue weighted by Crippen LogP contribution is 1.98. The van der Waals surface area contributed by atoms with Crippen molar-refractivity contribution < 1.29 is 10.2 Å². The predicted molar refractivity (Wildman–Crippen MR) is 88.6 cm³/mol. The van der Waals surface area contributed by atoms with Gasteiger partial charge in [-0.25, -0.2) is 0 Å². The normalized spacial score (nSPS) is 8.67. The van der Waals surface area contributed by atoms with Crippen LogP contribution in [-0.4, -0.2) is 29.2 Å². The highest BCUT2D eigenvalue weighted by molar-refractivity contribution is 7.80. The number of aliphatic hydroxyl groups excluding tert-OH is 2. The van der Waals surface area contributed by atoms with Crippen LogP contribution in [0.5, 0.6) is 0 Å². The molecule has 0 aromatic rings. The van der Waals surface area contributed by atoms with Gasteiger partial charge in [-0.05, 0) is 36.9 Å². The lowest BCUT2D eigenvalue weighted by molar-refractivity contribution is 0.268. The summed E-state index contributed by atoms with van der Waals surface area (Å²) in [6.45, 7) is 15.2. The third-order valence-electron chi connectivity index (χ3n) is 1.64. The molecule has 0 bridgehead atoms. The largest absolute Gasteiger partial charge is 0.396 e. The van der Waals surface area contributed by atoms with Crippen molar-refractivity contribution in [1.82, 2.24) is 0 Å². The second-order valence-electron chi connectivity index (χ2n) is 4.54. The summed E-state index contributed by atoms with van der Waals surface area (Å²) in [5.74, 6) is 2.50. The SMILES string of the molecule is CC.CC(C)CCO.CC(C)CCS.CCCO. The van der Waals surface area contributed by atoms with Crippen LogP contribution in [0.3, 0.4) is 0 Å². The fraction of sp³-hybridized carbons (Fsp3) is 1.00. The highest BCUT2D eigenvalue weighted by Gasteiger charge is 1.86. The van der Waals surface area contributed by atoms with Gasteiger partial charge in [-0.3, -0.25) is 0 Å². The van der Waals surface area contributed by atoms with E-state index < -0.39 is 0 Å². The van der Waals surface area contributed by atoms with Crippen LogP contribution in [0, 0.1) is 11.8 Å². The molecule has 18 heavy (non-hydrogen) atoms. The molecule has 3 heteroatoms. The van der Waals surface area contributed by atoms with E-state index in [1.54, 1.807) is 0 Å². The molecule has 0 aliphatic heterocycles. The molecule has 0 rings (SSSR count). The maximum absolute atomic E-state index is 8.24. The van der Waals surface area contributed by atoms with Crippen molar-refractivity contribution in [2.24, 2.45) is 11.8 Å². The van der Waals surface area contributed by atoms with E-state index in [0.717, 1.165) is 24.5 Å². The molecule has 0 aliphatic rings. The van der Waals surface area contributed by atoms with Crippen molar-refractivity contribution in [1.29, 1.82) is 0 Å². The molecule has 0 aromatic heterocycles. The van der Waals surface area contributed by atoms with Crippen molar-refractivity contribution >= 4 is 12.6 Å². The number of hydrogen-bond acceptors (Lipinski definition) is 3. The lowest BCUT2D eigenvalue weighted by Crippen LogP contribution is -1.89. The van der Waals surface area contributed by atoms with Crippen molar-refractivity contribution in [2.45, 2.75) is 67.7 Å². The Kier molecular flexibility index (Phi) is 45.1. The van der Waals surface area contributed by atoms with E-state index in [2.05, 4.69) is 40.3 Å². The minimum Gasteiger partial charge on any atom is -0.396 e. The Labute approximate surface area is 122 Å². The smallest absolute Gasteiger partial charge is 0.0433 e. The summed E-state index contributed by atoms with van der Waals surface area (Å²) >= 11 is 4.06. The number of rotatable bonds is 5. The van der Waals surface area contributed by atoms with Crippen LogP contribution in [0.1, 0.15) is 67.7 Å². The van der Waals surface area contributed by atoms with Crippen molar-refractivity contribution in [3.8, 4) is 0 Å². The van der Waals surface area contributed by atoms with E-state index in [4.69, 9.17) is 10.2 Å². The Morgan fingerprint density at radius 3 is 1.17 bits per heavy atom. The van der Waals surface area contributed by atoms with Crippen molar-refractivity contribution in [2.75, 3.05) is 19.0 Å². The molecule has 0 heterocycles. The minimum absolute atomic E-state index is 0.319. The first-order chi connectivity index (χ1) is 8.45. The summed E-state index contributed by atoms with van der Waals surface area (Å²) < 4.78 is 0. The van der Waals surface area contributed by atoms with E-state index in [0.29, 0.717) is 19.1 Å². The van der Waals surface area contributed by atoms with E-state index in [1.807, 2.05) is 20.8 Å². The molecular weight excluding hydrogens is 244 g/mol. The first-order valence-corrected chi connectivity index (χ1v) is 7.91. The van der Waals surface area contributed by atoms with Crippen LogP contribution in [-0.2, 0) is 0 Å². The maximum atomic E-state index is 8.24. The molecule has 0 fully saturated rings. The van der Waals surface area contributed by atoms with E-state index in [1.165, 1.54) is 6.42 Å². The molecule has 0 saturated carbocycles. The van der Waals surface area contributed by atoms with E-state index >= 15 is 0 Å². The van der Waals surface area contributed by atoms with Gasteiger partial charge in [-0.1, -0.05) is 48.5 Å². The molecule has 0 spiro atoms. The lowest BCUT2D eigenvalue weighted by Gasteiger charge is -1.95. The van der Waals surface area contributed by atoms with Gasteiger partial charge in [0, 0.05) is 13.2 Å². The number of hydrogen-bond donors (Lipinski definition) is 3. The maximum Gasteiger partial charge on any atom is 0.0433 e. The molecule has 2 nitrogen and oxygen atoms in total. The summed E-state index contributed by atoms with van der Waals surface area (Å²) in [6, 6.07) is 0. The summed E-state index contributed by atoms with van der Waals surface area (Å²) in [5, 5.41) is 16.1. The monoisotopic (exact) mass is 282 g/mol. The fourth-order valence-electron chi connectivity index (χ4n) is 0.516. The molecule has 2 N–H and O–H groups in total. The van der Waals surface area contributed by atoms with Crippen LogP contribution in [0.25, 0.3) is 0 Å². The second kappa shape index (κ2) is 30.4. The van der Waals surface area contributed by atoms with Crippen LogP contribution in [0.15, 0.2) is 0 Å². The van der Waals surface area contributed by atoms with Crippen LogP contribution in [0.4, 0.5) is 0 Å². The summed E-state index contributed by atoms with van der Waals surface area (Å²) in [7, 11) is 0. The Hall–Kier alpha value is 0.270. The molecule has 0 amide bonds. The predicted octanol–water partition coefficient (Wildman–Crippen LogP) is 4.40. The first-order valence-electron chi connectivity index (χ1n) is 7.28. The van der Waals surface area contributed by atoms with E-state index in [9.17, 15) is 0 Å². The van der Waals surface area contributed by atoms with Gasteiger partial charge in [0.15, 0.2) is 0 Å². The van der Waals surface area contributed by atoms with Crippen molar-refractivity contribution in [3.63, 3.8) is 0 Å². The molecule has 0 radical (unpaired) electrons. The average molecular weight is 283 g/mol. The van der Waals surface area contributed by atoms with Crippen molar-refractivity contribution in [3.05, 3.63) is 0 Å².